The minimum Gasteiger partial charge on any atom is -0.508 e. The number of phenols is 1. The number of ether oxygens (including phenoxy) is 1. The third kappa shape index (κ3) is 3.54. The van der Waals surface area contributed by atoms with Crippen LogP contribution < -0.4 is 0 Å². The number of phenolic OH excluding ortho intramolecular Hbond substituents is 1. The molecule has 2 aliphatic heterocycles. The quantitative estimate of drug-likeness (QED) is 0.541. The van der Waals surface area contributed by atoms with Crippen LogP contribution in [-0.2, 0) is 19.0 Å². The molecule has 2 fully saturated rings. The van der Waals surface area contributed by atoms with Crippen LogP contribution >= 0.6 is 11.6 Å². The van der Waals surface area contributed by atoms with E-state index < -0.39 is 48.9 Å². The van der Waals surface area contributed by atoms with E-state index in [0.29, 0.717) is 35.2 Å². The molecule has 0 spiro atoms. The largest absolute Gasteiger partial charge is 0.508 e. The van der Waals surface area contributed by atoms with Crippen LogP contribution in [0.25, 0.3) is 0 Å². The Morgan fingerprint density at radius 3 is 2.71 bits per heavy atom. The first-order valence-electron chi connectivity index (χ1n) is 10.3. The van der Waals surface area contributed by atoms with Crippen molar-refractivity contribution in [1.29, 1.82) is 0 Å². The fraction of sp³-hybridized carbons (Fsp3) is 0.476. The van der Waals surface area contributed by atoms with Gasteiger partial charge in [-0.1, -0.05) is 36.6 Å². The van der Waals surface area contributed by atoms with Gasteiger partial charge in [-0.2, -0.15) is 4.90 Å². The van der Waals surface area contributed by atoms with Crippen LogP contribution in [0, 0.1) is 17.8 Å². The van der Waals surface area contributed by atoms with E-state index in [1.165, 1.54) is 12.1 Å². The third-order valence-electron chi connectivity index (χ3n) is 6.45. The zero-order valence-electron chi connectivity index (χ0n) is 17.2. The van der Waals surface area contributed by atoms with Crippen molar-refractivity contribution in [3.63, 3.8) is 0 Å². The Labute approximate surface area is 184 Å². The van der Waals surface area contributed by atoms with Crippen LogP contribution in [0.4, 0.5) is 4.79 Å². The van der Waals surface area contributed by atoms with Crippen molar-refractivity contribution in [2.24, 2.45) is 17.8 Å². The van der Waals surface area contributed by atoms with Gasteiger partial charge in [-0.15, -0.1) is 0 Å². The van der Waals surface area contributed by atoms with Gasteiger partial charge < -0.3 is 19.5 Å². The highest BCUT2D eigenvalue weighted by molar-refractivity contribution is 6.53. The van der Waals surface area contributed by atoms with Crippen molar-refractivity contribution in [2.45, 2.75) is 38.7 Å². The Balaban J connectivity index is 1.76. The summed E-state index contributed by atoms with van der Waals surface area (Å²) in [6.07, 6.45) is 0.417. The Bertz CT molecular complexity index is 980. The Morgan fingerprint density at radius 2 is 2.06 bits per heavy atom. The van der Waals surface area contributed by atoms with Gasteiger partial charge in [0.25, 0.3) is 0 Å². The lowest BCUT2D eigenvalue weighted by atomic mass is 9.54. The summed E-state index contributed by atoms with van der Waals surface area (Å²) in [5.41, 5.74) is 2.09. The number of halogens is 1. The lowest BCUT2D eigenvalue weighted by Gasteiger charge is -2.42. The van der Waals surface area contributed by atoms with Gasteiger partial charge in [0.1, 0.15) is 5.75 Å². The predicted octanol–water partition coefficient (Wildman–Crippen LogP) is 3.01. The smallest absolute Gasteiger partial charge is 0.487 e. The SMILES string of the molecule is CCCC1=C2B(O)O[C@H](c3ccc(O)cc3Cl)C[C@H]2[C@H]2C(=O)N(C(=O)OC)C(=O)[C@H]2C1. The number of carbonyl (C=O) groups excluding carboxylic acids is 3. The number of imide groups is 3. The summed E-state index contributed by atoms with van der Waals surface area (Å²) < 4.78 is 10.5. The van der Waals surface area contributed by atoms with Gasteiger partial charge in [-0.3, -0.25) is 9.59 Å². The molecule has 3 aliphatic rings. The van der Waals surface area contributed by atoms with Gasteiger partial charge in [0.15, 0.2) is 0 Å². The van der Waals surface area contributed by atoms with Crippen molar-refractivity contribution in [2.75, 3.05) is 7.11 Å². The summed E-state index contributed by atoms with van der Waals surface area (Å²) >= 11 is 6.29. The molecule has 4 rings (SSSR count). The van der Waals surface area contributed by atoms with Crippen LogP contribution in [-0.4, -0.2) is 47.2 Å². The second kappa shape index (κ2) is 8.29. The first kappa shape index (κ1) is 21.9. The molecular weight excluding hydrogens is 424 g/mol. The maximum Gasteiger partial charge on any atom is 0.487 e. The number of amides is 3. The number of hydrogen-bond acceptors (Lipinski definition) is 7. The fourth-order valence-electron chi connectivity index (χ4n) is 5.20. The van der Waals surface area contributed by atoms with Crippen molar-refractivity contribution in [3.8, 4) is 5.75 Å². The second-order valence-corrected chi connectivity index (χ2v) is 8.56. The maximum atomic E-state index is 13.1. The number of rotatable bonds is 3. The minimum atomic E-state index is -1.26. The van der Waals surface area contributed by atoms with E-state index in [-0.39, 0.29) is 10.8 Å². The van der Waals surface area contributed by atoms with Crippen LogP contribution in [0.15, 0.2) is 29.2 Å². The third-order valence-corrected chi connectivity index (χ3v) is 6.78. The Morgan fingerprint density at radius 1 is 1.32 bits per heavy atom. The summed E-state index contributed by atoms with van der Waals surface area (Å²) in [6, 6.07) is 4.46. The topological polar surface area (TPSA) is 113 Å². The Hall–Kier alpha value is -2.36. The number of allylic oxidation sites excluding steroid dienone is 2. The number of aromatic hydroxyl groups is 1. The molecule has 1 aromatic carbocycles. The van der Waals surface area contributed by atoms with Gasteiger partial charge in [0, 0.05) is 5.02 Å². The number of fused-ring (bicyclic) bond motifs is 3. The minimum absolute atomic E-state index is 0.000979. The highest BCUT2D eigenvalue weighted by Gasteiger charge is 2.59. The average Bonchev–Trinajstić information content (AvgIpc) is 2.97. The number of methoxy groups -OCH3 is 1. The van der Waals surface area contributed by atoms with Crippen LogP contribution in [0.3, 0.4) is 0 Å². The van der Waals surface area contributed by atoms with Gasteiger partial charge in [0.2, 0.25) is 11.8 Å². The molecule has 8 nitrogen and oxygen atoms in total. The lowest BCUT2D eigenvalue weighted by Crippen LogP contribution is -2.45. The molecule has 3 amide bonds. The first-order chi connectivity index (χ1) is 14.8. The molecule has 1 aromatic rings. The van der Waals surface area contributed by atoms with E-state index in [2.05, 4.69) is 4.74 Å². The van der Waals surface area contributed by atoms with Gasteiger partial charge in [0.05, 0.1) is 25.0 Å². The molecule has 0 aromatic heterocycles. The van der Waals surface area contributed by atoms with Crippen molar-refractivity contribution < 1.29 is 33.9 Å². The lowest BCUT2D eigenvalue weighted by molar-refractivity contribution is -0.137. The fourth-order valence-corrected chi connectivity index (χ4v) is 5.49. The number of hydrogen-bond donors (Lipinski definition) is 2. The Kier molecular flexibility index (Phi) is 5.85. The molecule has 0 bridgehead atoms. The van der Waals surface area contributed by atoms with E-state index in [1.807, 2.05) is 6.92 Å². The summed E-state index contributed by atoms with van der Waals surface area (Å²) in [7, 11) is -0.135. The molecule has 2 heterocycles. The molecule has 4 atom stereocenters. The van der Waals surface area contributed by atoms with E-state index >= 15 is 0 Å². The average molecular weight is 448 g/mol. The number of likely N-dealkylation sites (tertiary alicyclic amines) is 1. The molecule has 31 heavy (non-hydrogen) atoms. The zero-order chi connectivity index (χ0) is 22.4. The van der Waals surface area contributed by atoms with Crippen molar-refractivity contribution in [1.82, 2.24) is 4.90 Å². The van der Waals surface area contributed by atoms with E-state index in [9.17, 15) is 24.5 Å². The maximum absolute atomic E-state index is 13.1. The second-order valence-electron chi connectivity index (χ2n) is 8.15. The van der Waals surface area contributed by atoms with Crippen molar-refractivity contribution in [3.05, 3.63) is 39.8 Å². The molecular formula is C21H23BClNO7. The molecule has 0 saturated carbocycles. The monoisotopic (exact) mass is 447 g/mol. The van der Waals surface area contributed by atoms with Gasteiger partial charge in [-0.25, -0.2) is 4.79 Å². The first-order valence-corrected chi connectivity index (χ1v) is 10.7. The normalized spacial score (nSPS) is 28.0. The molecule has 10 heteroatoms. The highest BCUT2D eigenvalue weighted by atomic mass is 35.5. The number of carbonyl (C=O) groups is 3. The summed E-state index contributed by atoms with van der Waals surface area (Å²) in [5, 5.41) is 20.8. The van der Waals surface area contributed by atoms with Crippen molar-refractivity contribution >= 4 is 36.6 Å². The highest BCUT2D eigenvalue weighted by Crippen LogP contribution is 2.52. The van der Waals surface area contributed by atoms with Crippen LogP contribution in [0.1, 0.15) is 44.3 Å². The number of benzene rings is 1. The van der Waals surface area contributed by atoms with Gasteiger partial charge >= 0.3 is 13.2 Å². The molecule has 2 saturated heterocycles. The standard InChI is InChI=1S/C21H23BClNO7/c1-3-4-10-7-14-17(20(27)24(19(14)26)21(28)30-2)13-9-16(31-22(29)18(10)13)12-6-5-11(25)8-15(12)23/h5-6,8,13-14,16-17,25,29H,3-4,7,9H2,1-2H3/t13-,14-,16-,17+/m0/s1. The van der Waals surface area contributed by atoms with Crippen LogP contribution in [0.5, 0.6) is 5.75 Å². The molecule has 0 unspecified atom stereocenters. The summed E-state index contributed by atoms with van der Waals surface area (Å²) in [6.45, 7) is 1.99. The van der Waals surface area contributed by atoms with Gasteiger partial charge in [-0.05, 0) is 48.3 Å². The summed E-state index contributed by atoms with van der Waals surface area (Å²) in [5.74, 6) is -3.11. The van der Waals surface area contributed by atoms with Crippen LogP contribution in [0.2, 0.25) is 5.02 Å². The molecule has 0 radical (unpaired) electrons. The van der Waals surface area contributed by atoms with E-state index in [0.717, 1.165) is 19.1 Å². The predicted molar refractivity (Wildman–Crippen MR) is 111 cm³/mol. The zero-order valence-corrected chi connectivity index (χ0v) is 18.0. The molecule has 2 N–H and O–H groups in total. The molecule has 1 aliphatic carbocycles. The summed E-state index contributed by atoms with van der Waals surface area (Å²) in [4.78, 5) is 38.8. The number of nitrogens with zero attached hydrogens (tertiary/aromatic N) is 1. The van der Waals surface area contributed by atoms with E-state index in [1.54, 1.807) is 6.07 Å². The van der Waals surface area contributed by atoms with E-state index in [4.69, 9.17) is 16.3 Å². The molecule has 164 valence electrons.